The third-order valence-electron chi connectivity index (χ3n) is 6.61. The Morgan fingerprint density at radius 3 is 2.48 bits per heavy atom. The smallest absolute Gasteiger partial charge is 0.186 e. The molecule has 2 aromatic heterocycles. The number of piperidine rings is 1. The van der Waals surface area contributed by atoms with E-state index in [4.69, 9.17) is 16.6 Å². The van der Waals surface area contributed by atoms with Gasteiger partial charge in [-0.3, -0.25) is 0 Å². The standard InChI is InChI=1S/C27H24ClN5/c28-22-10-6-9-21(18-22)25-27-29-26(23-11-4-5-12-24(23)33(27)31-30-25)32-15-13-20(14-16-32)17-19-7-2-1-3-8-19/h1-12,18,20H,13-17H2. The van der Waals surface area contributed by atoms with E-state index >= 15 is 0 Å². The van der Waals surface area contributed by atoms with Crippen molar-refractivity contribution in [3.63, 3.8) is 0 Å². The Balaban J connectivity index is 1.36. The molecule has 0 N–H and O–H groups in total. The van der Waals surface area contributed by atoms with Gasteiger partial charge in [0.1, 0.15) is 11.5 Å². The third-order valence-corrected chi connectivity index (χ3v) is 6.85. The number of hydrogen-bond donors (Lipinski definition) is 0. The predicted molar refractivity (Wildman–Crippen MR) is 134 cm³/mol. The van der Waals surface area contributed by atoms with Crippen molar-refractivity contribution in [2.45, 2.75) is 19.3 Å². The van der Waals surface area contributed by atoms with Crippen molar-refractivity contribution in [1.29, 1.82) is 0 Å². The molecule has 164 valence electrons. The van der Waals surface area contributed by atoms with Gasteiger partial charge in [0.2, 0.25) is 0 Å². The van der Waals surface area contributed by atoms with Crippen molar-refractivity contribution in [3.05, 3.63) is 89.4 Å². The van der Waals surface area contributed by atoms with Crippen LogP contribution in [0.2, 0.25) is 5.02 Å². The van der Waals surface area contributed by atoms with Crippen LogP contribution in [0.3, 0.4) is 0 Å². The van der Waals surface area contributed by atoms with Gasteiger partial charge < -0.3 is 4.90 Å². The maximum absolute atomic E-state index is 6.25. The van der Waals surface area contributed by atoms with Crippen LogP contribution in [0, 0.1) is 5.92 Å². The first-order valence-corrected chi connectivity index (χ1v) is 11.8. The van der Waals surface area contributed by atoms with Crippen molar-refractivity contribution >= 4 is 34.0 Å². The van der Waals surface area contributed by atoms with E-state index in [0.29, 0.717) is 10.9 Å². The van der Waals surface area contributed by atoms with E-state index in [0.717, 1.165) is 66.0 Å². The molecule has 1 aliphatic heterocycles. The highest BCUT2D eigenvalue weighted by Crippen LogP contribution is 2.33. The van der Waals surface area contributed by atoms with E-state index in [2.05, 4.69) is 63.7 Å². The highest BCUT2D eigenvalue weighted by Gasteiger charge is 2.24. The molecular weight excluding hydrogens is 430 g/mol. The number of hydrogen-bond acceptors (Lipinski definition) is 4. The van der Waals surface area contributed by atoms with Crippen molar-refractivity contribution in [2.75, 3.05) is 18.0 Å². The fourth-order valence-corrected chi connectivity index (χ4v) is 5.10. The summed E-state index contributed by atoms with van der Waals surface area (Å²) in [5, 5.41) is 10.7. The zero-order chi connectivity index (χ0) is 22.2. The lowest BCUT2D eigenvalue weighted by Gasteiger charge is -2.33. The first kappa shape index (κ1) is 20.2. The molecule has 0 bridgehead atoms. The van der Waals surface area contributed by atoms with Gasteiger partial charge in [0.25, 0.3) is 0 Å². The molecule has 1 fully saturated rings. The van der Waals surface area contributed by atoms with Gasteiger partial charge in [-0.25, -0.2) is 4.98 Å². The van der Waals surface area contributed by atoms with Crippen molar-refractivity contribution in [1.82, 2.24) is 19.8 Å². The molecule has 0 aliphatic carbocycles. The Hall–Kier alpha value is -3.44. The van der Waals surface area contributed by atoms with Crippen LogP contribution in [-0.4, -0.2) is 32.9 Å². The summed E-state index contributed by atoms with van der Waals surface area (Å²) < 4.78 is 1.84. The van der Waals surface area contributed by atoms with Crippen molar-refractivity contribution in [2.24, 2.45) is 5.92 Å². The van der Waals surface area contributed by atoms with Crippen LogP contribution in [-0.2, 0) is 6.42 Å². The number of rotatable bonds is 4. The monoisotopic (exact) mass is 453 g/mol. The molecule has 3 heterocycles. The third kappa shape index (κ3) is 3.83. The minimum atomic E-state index is 0.676. The summed E-state index contributed by atoms with van der Waals surface area (Å²) in [7, 11) is 0. The van der Waals surface area contributed by atoms with Gasteiger partial charge in [0, 0.05) is 29.1 Å². The molecule has 6 heteroatoms. The normalized spacial score (nSPS) is 14.9. The quantitative estimate of drug-likeness (QED) is 0.332. The molecule has 6 rings (SSSR count). The molecule has 1 saturated heterocycles. The predicted octanol–water partition coefficient (Wildman–Crippen LogP) is 6.06. The maximum Gasteiger partial charge on any atom is 0.186 e. The second kappa shape index (κ2) is 8.49. The zero-order valence-electron chi connectivity index (χ0n) is 18.2. The summed E-state index contributed by atoms with van der Waals surface area (Å²) >= 11 is 6.25. The van der Waals surface area contributed by atoms with Gasteiger partial charge in [-0.1, -0.05) is 71.4 Å². The van der Waals surface area contributed by atoms with Crippen LogP contribution in [0.25, 0.3) is 27.8 Å². The lowest BCUT2D eigenvalue weighted by atomic mass is 9.90. The SMILES string of the molecule is Clc1cccc(-c2nnn3c2nc(N2CCC(Cc4ccccc4)CC2)c2ccccc23)c1. The molecular formula is C27H24ClN5. The number of aromatic nitrogens is 4. The van der Waals surface area contributed by atoms with Crippen molar-refractivity contribution < 1.29 is 0 Å². The number of anilines is 1. The molecule has 5 aromatic rings. The first-order valence-electron chi connectivity index (χ1n) is 11.5. The highest BCUT2D eigenvalue weighted by atomic mass is 35.5. The average Bonchev–Trinajstić information content (AvgIpc) is 3.29. The molecule has 5 nitrogen and oxygen atoms in total. The minimum Gasteiger partial charge on any atom is -0.356 e. The summed E-state index contributed by atoms with van der Waals surface area (Å²) in [6, 6.07) is 26.9. The highest BCUT2D eigenvalue weighted by molar-refractivity contribution is 6.30. The fraction of sp³-hybridized carbons (Fsp3) is 0.222. The van der Waals surface area contributed by atoms with Crippen LogP contribution < -0.4 is 4.90 Å². The second-order valence-electron chi connectivity index (χ2n) is 8.76. The van der Waals surface area contributed by atoms with E-state index < -0.39 is 0 Å². The van der Waals surface area contributed by atoms with Gasteiger partial charge in [-0.2, -0.15) is 4.52 Å². The molecule has 0 spiro atoms. The maximum atomic E-state index is 6.25. The van der Waals surface area contributed by atoms with E-state index in [1.54, 1.807) is 0 Å². The van der Waals surface area contributed by atoms with E-state index in [9.17, 15) is 0 Å². The number of fused-ring (bicyclic) bond motifs is 3. The van der Waals surface area contributed by atoms with Crippen LogP contribution in [0.1, 0.15) is 18.4 Å². The van der Waals surface area contributed by atoms with Gasteiger partial charge in [0.05, 0.1) is 5.52 Å². The number of para-hydroxylation sites is 1. The fourth-order valence-electron chi connectivity index (χ4n) is 4.91. The molecule has 0 atom stereocenters. The summed E-state index contributed by atoms with van der Waals surface area (Å²) in [5.74, 6) is 1.72. The van der Waals surface area contributed by atoms with Crippen molar-refractivity contribution in [3.8, 4) is 11.3 Å². The van der Waals surface area contributed by atoms with Crippen LogP contribution in [0.4, 0.5) is 5.82 Å². The lowest BCUT2D eigenvalue weighted by Crippen LogP contribution is -2.35. The Morgan fingerprint density at radius 2 is 1.67 bits per heavy atom. The van der Waals surface area contributed by atoms with Crippen LogP contribution in [0.15, 0.2) is 78.9 Å². The van der Waals surface area contributed by atoms with E-state index in [-0.39, 0.29) is 0 Å². The Bertz CT molecular complexity index is 1420. The number of nitrogens with zero attached hydrogens (tertiary/aromatic N) is 5. The van der Waals surface area contributed by atoms with Crippen LogP contribution >= 0.6 is 11.6 Å². The number of halogens is 1. The summed E-state index contributed by atoms with van der Waals surface area (Å²) in [4.78, 5) is 7.55. The Kier molecular flexibility index (Phi) is 5.19. The van der Waals surface area contributed by atoms with Gasteiger partial charge >= 0.3 is 0 Å². The largest absolute Gasteiger partial charge is 0.356 e. The van der Waals surface area contributed by atoms with Gasteiger partial charge in [-0.15, -0.1) is 5.10 Å². The average molecular weight is 454 g/mol. The topological polar surface area (TPSA) is 46.3 Å². The molecule has 33 heavy (non-hydrogen) atoms. The molecule has 3 aromatic carbocycles. The Labute approximate surface area is 197 Å². The zero-order valence-corrected chi connectivity index (χ0v) is 19.0. The molecule has 0 saturated carbocycles. The lowest BCUT2D eigenvalue weighted by molar-refractivity contribution is 0.403. The molecule has 0 radical (unpaired) electrons. The summed E-state index contributed by atoms with van der Waals surface area (Å²) in [6.45, 7) is 2.00. The summed E-state index contributed by atoms with van der Waals surface area (Å²) in [5.41, 5.74) is 4.88. The van der Waals surface area contributed by atoms with E-state index in [1.165, 1.54) is 5.56 Å². The molecule has 0 unspecified atom stereocenters. The van der Waals surface area contributed by atoms with E-state index in [1.807, 2.05) is 34.8 Å². The summed E-state index contributed by atoms with van der Waals surface area (Å²) in [6.07, 6.45) is 3.47. The van der Waals surface area contributed by atoms with Crippen LogP contribution in [0.5, 0.6) is 0 Å². The Morgan fingerprint density at radius 1 is 0.879 bits per heavy atom. The minimum absolute atomic E-state index is 0.676. The van der Waals surface area contributed by atoms with Gasteiger partial charge in [0.15, 0.2) is 5.65 Å². The molecule has 1 aliphatic rings. The second-order valence-corrected chi connectivity index (χ2v) is 9.19. The first-order chi connectivity index (χ1) is 16.3. The van der Waals surface area contributed by atoms with Gasteiger partial charge in [-0.05, 0) is 55.0 Å². The molecule has 0 amide bonds. The number of benzene rings is 3.